The van der Waals surface area contributed by atoms with Gasteiger partial charge in [0, 0.05) is 31.0 Å². The highest BCUT2D eigenvalue weighted by molar-refractivity contribution is 5.65. The van der Waals surface area contributed by atoms with Crippen LogP contribution in [0.3, 0.4) is 0 Å². The summed E-state index contributed by atoms with van der Waals surface area (Å²) in [6, 6.07) is 7.54. The van der Waals surface area contributed by atoms with Gasteiger partial charge in [-0.1, -0.05) is 6.07 Å². The van der Waals surface area contributed by atoms with Crippen LogP contribution >= 0.6 is 0 Å². The number of benzene rings is 1. The van der Waals surface area contributed by atoms with Crippen LogP contribution in [0.5, 0.6) is 17.2 Å². The summed E-state index contributed by atoms with van der Waals surface area (Å²) in [4.78, 5) is 8.61. The van der Waals surface area contributed by atoms with Gasteiger partial charge in [-0.15, -0.1) is 0 Å². The van der Waals surface area contributed by atoms with Gasteiger partial charge >= 0.3 is 0 Å². The van der Waals surface area contributed by atoms with E-state index in [2.05, 4.69) is 15.3 Å². The molecule has 2 heterocycles. The van der Waals surface area contributed by atoms with Gasteiger partial charge in [0.15, 0.2) is 11.5 Å². The summed E-state index contributed by atoms with van der Waals surface area (Å²) in [5.41, 5.74) is 2.66. The number of rotatable bonds is 8. The zero-order valence-electron chi connectivity index (χ0n) is 15.0. The van der Waals surface area contributed by atoms with Gasteiger partial charge in [-0.2, -0.15) is 0 Å². The van der Waals surface area contributed by atoms with E-state index in [-0.39, 0.29) is 0 Å². The fraction of sp³-hybridized carbons (Fsp3) is 0.263. The van der Waals surface area contributed by atoms with Crippen LogP contribution in [0, 0.1) is 0 Å². The molecule has 0 aliphatic heterocycles. The van der Waals surface area contributed by atoms with Crippen LogP contribution in [0.4, 0.5) is 0 Å². The van der Waals surface area contributed by atoms with Crippen LogP contribution in [0.2, 0.25) is 0 Å². The quantitative estimate of drug-likeness (QED) is 0.665. The van der Waals surface area contributed by atoms with E-state index in [1.54, 1.807) is 45.9 Å². The van der Waals surface area contributed by atoms with Gasteiger partial charge in [-0.25, -0.2) is 4.98 Å². The number of nitrogens with zero attached hydrogens (tertiary/aromatic N) is 2. The summed E-state index contributed by atoms with van der Waals surface area (Å²) >= 11 is 0. The molecule has 1 N–H and O–H groups in total. The van der Waals surface area contributed by atoms with E-state index in [4.69, 9.17) is 18.6 Å². The number of hydrogen-bond donors (Lipinski definition) is 1. The van der Waals surface area contributed by atoms with Crippen LogP contribution in [0.25, 0.3) is 11.5 Å². The maximum atomic E-state index is 5.61. The van der Waals surface area contributed by atoms with E-state index in [1.807, 2.05) is 18.3 Å². The number of oxazole rings is 1. The van der Waals surface area contributed by atoms with Crippen molar-refractivity contribution in [1.82, 2.24) is 15.3 Å². The molecule has 0 saturated heterocycles. The Morgan fingerprint density at radius 3 is 2.42 bits per heavy atom. The Balaban J connectivity index is 1.73. The smallest absolute Gasteiger partial charge is 0.226 e. The molecule has 7 heteroatoms. The first-order valence-electron chi connectivity index (χ1n) is 8.09. The molecule has 0 amide bonds. The first kappa shape index (κ1) is 17.8. The van der Waals surface area contributed by atoms with Crippen LogP contribution in [0.15, 0.2) is 47.3 Å². The molecular formula is C19H21N3O4. The lowest BCUT2D eigenvalue weighted by atomic mass is 10.2. The molecule has 0 aliphatic carbocycles. The fourth-order valence-electron chi connectivity index (χ4n) is 2.56. The van der Waals surface area contributed by atoms with Crippen molar-refractivity contribution < 1.29 is 18.6 Å². The molecule has 136 valence electrons. The van der Waals surface area contributed by atoms with Crippen LogP contribution in [-0.2, 0) is 13.1 Å². The highest BCUT2D eigenvalue weighted by atomic mass is 16.5. The highest BCUT2D eigenvalue weighted by Crippen LogP contribution is 2.40. The normalized spacial score (nSPS) is 10.6. The topological polar surface area (TPSA) is 78.6 Å². The van der Waals surface area contributed by atoms with Gasteiger partial charge in [-0.05, 0) is 23.8 Å². The van der Waals surface area contributed by atoms with Crippen molar-refractivity contribution in [3.05, 3.63) is 54.2 Å². The average molecular weight is 355 g/mol. The van der Waals surface area contributed by atoms with E-state index in [1.165, 1.54) is 0 Å². The zero-order valence-corrected chi connectivity index (χ0v) is 15.0. The lowest BCUT2D eigenvalue weighted by molar-refractivity contribution is 0.324. The van der Waals surface area contributed by atoms with Crippen molar-refractivity contribution in [3.63, 3.8) is 0 Å². The van der Waals surface area contributed by atoms with Crippen LogP contribution in [0.1, 0.15) is 11.3 Å². The van der Waals surface area contributed by atoms with Gasteiger partial charge in [0.25, 0.3) is 0 Å². The maximum Gasteiger partial charge on any atom is 0.226 e. The highest BCUT2D eigenvalue weighted by Gasteiger charge is 2.16. The first-order valence-corrected chi connectivity index (χ1v) is 8.09. The van der Waals surface area contributed by atoms with Gasteiger partial charge in [0.2, 0.25) is 11.6 Å². The number of aromatic nitrogens is 2. The molecule has 1 aromatic carbocycles. The van der Waals surface area contributed by atoms with Gasteiger partial charge in [0.05, 0.1) is 27.0 Å². The lowest BCUT2D eigenvalue weighted by Gasteiger charge is -2.12. The second kappa shape index (κ2) is 8.35. The van der Waals surface area contributed by atoms with Crippen LogP contribution < -0.4 is 19.5 Å². The lowest BCUT2D eigenvalue weighted by Crippen LogP contribution is -2.12. The van der Waals surface area contributed by atoms with Gasteiger partial charge < -0.3 is 23.9 Å². The predicted octanol–water partition coefficient (Wildman–Crippen LogP) is 3.05. The third kappa shape index (κ3) is 3.94. The van der Waals surface area contributed by atoms with Crippen molar-refractivity contribution in [2.75, 3.05) is 21.3 Å². The van der Waals surface area contributed by atoms with E-state index >= 15 is 0 Å². The number of nitrogens with one attached hydrogen (secondary N) is 1. The first-order chi connectivity index (χ1) is 12.7. The van der Waals surface area contributed by atoms with E-state index in [0.717, 1.165) is 16.8 Å². The number of methoxy groups -OCH3 is 3. The molecular weight excluding hydrogens is 334 g/mol. The maximum absolute atomic E-state index is 5.61. The summed E-state index contributed by atoms with van der Waals surface area (Å²) in [7, 11) is 4.71. The van der Waals surface area contributed by atoms with Gasteiger partial charge in [0.1, 0.15) is 6.26 Å². The Kier molecular flexibility index (Phi) is 5.70. The minimum atomic E-state index is 0.488. The van der Waals surface area contributed by atoms with E-state index in [9.17, 15) is 0 Å². The van der Waals surface area contributed by atoms with Crippen molar-refractivity contribution in [1.29, 1.82) is 0 Å². The van der Waals surface area contributed by atoms with Crippen molar-refractivity contribution in [3.8, 4) is 28.7 Å². The molecule has 0 unspecified atom stereocenters. The molecule has 0 bridgehead atoms. The minimum absolute atomic E-state index is 0.488. The molecule has 0 fully saturated rings. The summed E-state index contributed by atoms with van der Waals surface area (Å²) in [5.74, 6) is 2.12. The molecule has 0 atom stereocenters. The largest absolute Gasteiger partial charge is 0.493 e. The Bertz CT molecular complexity index is 824. The molecule has 7 nitrogen and oxygen atoms in total. The number of hydrogen-bond acceptors (Lipinski definition) is 7. The minimum Gasteiger partial charge on any atom is -0.493 e. The standard InChI is InChI=1S/C19H21N3O4/c1-23-16-7-14(8-17(24-2)18(16)25-3)19-22-15(12-26-19)11-21-10-13-5-4-6-20-9-13/h4-9,12,21H,10-11H2,1-3H3. The molecule has 0 saturated carbocycles. The monoisotopic (exact) mass is 355 g/mol. The van der Waals surface area contributed by atoms with Gasteiger partial charge in [-0.3, -0.25) is 4.98 Å². The summed E-state index contributed by atoms with van der Waals surface area (Å²) in [6.45, 7) is 1.29. The molecule has 0 spiro atoms. The molecule has 0 radical (unpaired) electrons. The summed E-state index contributed by atoms with van der Waals surface area (Å²) < 4.78 is 21.7. The predicted molar refractivity (Wildman–Crippen MR) is 96.4 cm³/mol. The van der Waals surface area contributed by atoms with Crippen molar-refractivity contribution >= 4 is 0 Å². The zero-order chi connectivity index (χ0) is 18.4. The fourth-order valence-corrected chi connectivity index (χ4v) is 2.56. The Morgan fingerprint density at radius 1 is 1.04 bits per heavy atom. The van der Waals surface area contributed by atoms with Crippen molar-refractivity contribution in [2.24, 2.45) is 0 Å². The van der Waals surface area contributed by atoms with E-state index in [0.29, 0.717) is 36.2 Å². The van der Waals surface area contributed by atoms with E-state index < -0.39 is 0 Å². The molecule has 2 aromatic heterocycles. The SMILES string of the molecule is COc1cc(-c2nc(CNCc3cccnc3)co2)cc(OC)c1OC. The number of ether oxygens (including phenoxy) is 3. The Labute approximate surface area is 151 Å². The third-order valence-electron chi connectivity index (χ3n) is 3.82. The number of pyridine rings is 1. The summed E-state index contributed by atoms with van der Waals surface area (Å²) in [6.07, 6.45) is 5.22. The Hall–Kier alpha value is -3.06. The third-order valence-corrected chi connectivity index (χ3v) is 3.82. The molecule has 3 rings (SSSR count). The Morgan fingerprint density at radius 2 is 1.81 bits per heavy atom. The molecule has 3 aromatic rings. The second-order valence-electron chi connectivity index (χ2n) is 5.52. The molecule has 26 heavy (non-hydrogen) atoms. The average Bonchev–Trinajstić information content (AvgIpc) is 3.16. The summed E-state index contributed by atoms with van der Waals surface area (Å²) in [5, 5.41) is 3.31. The van der Waals surface area contributed by atoms with Crippen molar-refractivity contribution in [2.45, 2.75) is 13.1 Å². The van der Waals surface area contributed by atoms with Crippen LogP contribution in [-0.4, -0.2) is 31.3 Å². The second-order valence-corrected chi connectivity index (χ2v) is 5.52. The molecule has 0 aliphatic rings.